The zero-order valence-corrected chi connectivity index (χ0v) is 18.9. The van der Waals surface area contributed by atoms with E-state index < -0.39 is 6.61 Å². The fourth-order valence-electron chi connectivity index (χ4n) is 2.99. The maximum Gasteiger partial charge on any atom is 0.388 e. The Hall–Kier alpha value is -3.33. The van der Waals surface area contributed by atoms with Crippen LogP contribution in [0.4, 0.5) is 8.78 Å². The lowest BCUT2D eigenvalue weighted by molar-refractivity contribution is -0.122. The molecule has 0 saturated carbocycles. The van der Waals surface area contributed by atoms with E-state index in [1.54, 1.807) is 24.3 Å². The van der Waals surface area contributed by atoms with Gasteiger partial charge in [0.2, 0.25) is 11.8 Å². The molecule has 1 amide bonds. The Morgan fingerprint density at radius 2 is 1.91 bits per heavy atom. The van der Waals surface area contributed by atoms with Crippen LogP contribution in [-0.2, 0) is 18.3 Å². The van der Waals surface area contributed by atoms with Gasteiger partial charge in [0.1, 0.15) is 22.2 Å². The summed E-state index contributed by atoms with van der Waals surface area (Å²) in [6, 6.07) is 14.4. The van der Waals surface area contributed by atoms with E-state index in [0.717, 1.165) is 16.9 Å². The maximum absolute atomic E-state index is 12.5. The molecule has 0 saturated heterocycles. The smallest absolute Gasteiger partial charge is 0.388 e. The van der Waals surface area contributed by atoms with Gasteiger partial charge in [-0.05, 0) is 48.4 Å². The molecule has 0 aliphatic heterocycles. The van der Waals surface area contributed by atoms with E-state index in [1.165, 1.54) is 12.6 Å². The molecule has 1 heterocycles. The number of carbonyl (C=O) groups excluding carboxylic acids is 1. The number of rotatable bonds is 11. The number of ether oxygens (including phenoxy) is 3. The molecule has 0 radical (unpaired) electrons. The number of hydrogen-bond donors (Lipinski definition) is 1. The first-order chi connectivity index (χ1) is 15.9. The standard InChI is InChI=1S/C23H24ClF2N3O4/c1-3-15-5-4-6-18(13-15)31-12-11-19(30)27-14-32-17-9-7-16(8-10-17)21-20(24)22(29(2)28-21)33-23(25)26/h4-10,13,23H,3,11-12,14H2,1-2H3,(H,27,30). The normalized spacial score (nSPS) is 10.8. The third kappa shape index (κ3) is 6.82. The second-order valence-electron chi connectivity index (χ2n) is 6.98. The van der Waals surface area contributed by atoms with Gasteiger partial charge in [0, 0.05) is 12.6 Å². The van der Waals surface area contributed by atoms with Crippen LogP contribution >= 0.6 is 11.6 Å². The number of benzene rings is 2. The molecule has 0 atom stereocenters. The number of aromatic nitrogens is 2. The van der Waals surface area contributed by atoms with E-state index in [9.17, 15) is 13.6 Å². The zero-order chi connectivity index (χ0) is 23.8. The molecule has 0 bridgehead atoms. The second-order valence-corrected chi connectivity index (χ2v) is 7.36. The number of hydrogen-bond acceptors (Lipinski definition) is 5. The molecular formula is C23H24ClF2N3O4. The van der Waals surface area contributed by atoms with Gasteiger partial charge < -0.3 is 19.5 Å². The monoisotopic (exact) mass is 479 g/mol. The Labute approximate surface area is 195 Å². The van der Waals surface area contributed by atoms with Crippen molar-refractivity contribution in [1.29, 1.82) is 0 Å². The number of halogens is 3. The molecule has 0 aliphatic rings. The van der Waals surface area contributed by atoms with Crippen molar-refractivity contribution in [2.24, 2.45) is 7.05 Å². The van der Waals surface area contributed by atoms with E-state index in [2.05, 4.69) is 22.1 Å². The molecule has 3 aromatic rings. The van der Waals surface area contributed by atoms with Crippen molar-refractivity contribution in [2.75, 3.05) is 13.3 Å². The summed E-state index contributed by atoms with van der Waals surface area (Å²) >= 11 is 6.13. The van der Waals surface area contributed by atoms with Gasteiger partial charge in [0.25, 0.3) is 0 Å². The summed E-state index contributed by atoms with van der Waals surface area (Å²) in [5.74, 6) is 0.819. The molecule has 10 heteroatoms. The first kappa shape index (κ1) is 24.3. The molecule has 0 fully saturated rings. The van der Waals surface area contributed by atoms with Crippen LogP contribution in [-0.4, -0.2) is 35.6 Å². The van der Waals surface area contributed by atoms with Gasteiger partial charge in [-0.2, -0.15) is 13.9 Å². The van der Waals surface area contributed by atoms with Gasteiger partial charge in [-0.25, -0.2) is 4.68 Å². The Bertz CT molecular complexity index is 1070. The summed E-state index contributed by atoms with van der Waals surface area (Å²) < 4.78 is 41.7. The molecule has 176 valence electrons. The predicted octanol–water partition coefficient (Wildman–Crippen LogP) is 4.83. The minimum Gasteiger partial charge on any atom is -0.493 e. The molecule has 2 aromatic carbocycles. The van der Waals surface area contributed by atoms with Crippen molar-refractivity contribution in [3.8, 4) is 28.6 Å². The average Bonchev–Trinajstić information content (AvgIpc) is 3.07. The molecule has 7 nitrogen and oxygen atoms in total. The highest BCUT2D eigenvalue weighted by Crippen LogP contribution is 2.35. The Morgan fingerprint density at radius 3 is 2.61 bits per heavy atom. The first-order valence-electron chi connectivity index (χ1n) is 10.3. The summed E-state index contributed by atoms with van der Waals surface area (Å²) in [7, 11) is 1.46. The second kappa shape index (κ2) is 11.5. The van der Waals surface area contributed by atoms with Gasteiger partial charge >= 0.3 is 6.61 Å². The van der Waals surface area contributed by atoms with E-state index in [4.69, 9.17) is 21.1 Å². The van der Waals surface area contributed by atoms with E-state index >= 15 is 0 Å². The molecule has 33 heavy (non-hydrogen) atoms. The van der Waals surface area contributed by atoms with Crippen LogP contribution in [0.15, 0.2) is 48.5 Å². The quantitative estimate of drug-likeness (QED) is 0.399. The van der Waals surface area contributed by atoms with Crippen LogP contribution < -0.4 is 19.5 Å². The lowest BCUT2D eigenvalue weighted by Gasteiger charge is -2.10. The summed E-state index contributed by atoms with van der Waals surface area (Å²) in [5, 5.41) is 6.77. The largest absolute Gasteiger partial charge is 0.493 e. The van der Waals surface area contributed by atoms with Crippen molar-refractivity contribution in [3.63, 3.8) is 0 Å². The summed E-state index contributed by atoms with van der Waals surface area (Å²) in [4.78, 5) is 12.0. The van der Waals surface area contributed by atoms with Gasteiger partial charge in [-0.3, -0.25) is 4.79 Å². The highest BCUT2D eigenvalue weighted by Gasteiger charge is 2.20. The van der Waals surface area contributed by atoms with Gasteiger partial charge in [-0.1, -0.05) is 30.7 Å². The van der Waals surface area contributed by atoms with Crippen molar-refractivity contribution in [2.45, 2.75) is 26.4 Å². The molecule has 1 N–H and O–H groups in total. The average molecular weight is 480 g/mol. The topological polar surface area (TPSA) is 74.6 Å². The van der Waals surface area contributed by atoms with Crippen LogP contribution in [0.1, 0.15) is 18.9 Å². The van der Waals surface area contributed by atoms with Crippen LogP contribution in [0.25, 0.3) is 11.3 Å². The summed E-state index contributed by atoms with van der Waals surface area (Å²) in [6.07, 6.45) is 1.11. The highest BCUT2D eigenvalue weighted by molar-refractivity contribution is 6.34. The number of aryl methyl sites for hydroxylation is 2. The van der Waals surface area contributed by atoms with Crippen LogP contribution in [0.2, 0.25) is 5.02 Å². The van der Waals surface area contributed by atoms with Crippen molar-refractivity contribution >= 4 is 17.5 Å². The van der Waals surface area contributed by atoms with E-state index in [-0.39, 0.29) is 36.6 Å². The fraction of sp³-hybridized carbons (Fsp3) is 0.304. The number of carbonyl (C=O) groups is 1. The fourth-order valence-corrected chi connectivity index (χ4v) is 3.31. The van der Waals surface area contributed by atoms with E-state index in [1.807, 2.05) is 24.3 Å². The maximum atomic E-state index is 12.5. The molecule has 3 rings (SSSR count). The third-order valence-corrected chi connectivity index (χ3v) is 5.02. The third-order valence-electron chi connectivity index (χ3n) is 4.68. The van der Waals surface area contributed by atoms with Crippen molar-refractivity contribution in [3.05, 3.63) is 59.1 Å². The van der Waals surface area contributed by atoms with E-state index in [0.29, 0.717) is 17.0 Å². The molecule has 0 spiro atoms. The van der Waals surface area contributed by atoms with Gasteiger partial charge in [-0.15, -0.1) is 0 Å². The number of amides is 1. The zero-order valence-electron chi connectivity index (χ0n) is 18.2. The lowest BCUT2D eigenvalue weighted by Crippen LogP contribution is -2.28. The van der Waals surface area contributed by atoms with Crippen molar-refractivity contribution < 1.29 is 27.8 Å². The Kier molecular flexibility index (Phi) is 8.48. The SMILES string of the molecule is CCc1cccc(OCCC(=O)NCOc2ccc(-c3nn(C)c(OC(F)F)c3Cl)cc2)c1. The minimum absolute atomic E-state index is 0.0117. The van der Waals surface area contributed by atoms with Crippen LogP contribution in [0.3, 0.4) is 0 Å². The summed E-state index contributed by atoms with van der Waals surface area (Å²) in [6.45, 7) is -0.693. The molecule has 0 unspecified atom stereocenters. The Morgan fingerprint density at radius 1 is 1.15 bits per heavy atom. The lowest BCUT2D eigenvalue weighted by atomic mass is 10.1. The Balaban J connectivity index is 1.44. The predicted molar refractivity (Wildman–Crippen MR) is 120 cm³/mol. The van der Waals surface area contributed by atoms with Crippen molar-refractivity contribution in [1.82, 2.24) is 15.1 Å². The summed E-state index contributed by atoms with van der Waals surface area (Å²) in [5.41, 5.74) is 2.07. The number of nitrogens with zero attached hydrogens (tertiary/aromatic N) is 2. The number of nitrogens with one attached hydrogen (secondary N) is 1. The van der Waals surface area contributed by atoms with Gasteiger partial charge in [0.05, 0.1) is 13.0 Å². The molecular weight excluding hydrogens is 456 g/mol. The van der Waals surface area contributed by atoms with Crippen LogP contribution in [0.5, 0.6) is 17.4 Å². The minimum atomic E-state index is -3.00. The molecule has 1 aromatic heterocycles. The first-order valence-corrected chi connectivity index (χ1v) is 10.6. The van der Waals surface area contributed by atoms with Crippen LogP contribution in [0, 0.1) is 0 Å². The molecule has 0 aliphatic carbocycles. The number of alkyl halides is 2. The van der Waals surface area contributed by atoms with Gasteiger partial charge in [0.15, 0.2) is 6.73 Å². The highest BCUT2D eigenvalue weighted by atomic mass is 35.5.